The summed E-state index contributed by atoms with van der Waals surface area (Å²) in [5.74, 6) is 0.0248. The van der Waals surface area contributed by atoms with E-state index < -0.39 is 0 Å². The third-order valence-corrected chi connectivity index (χ3v) is 1.86. The Bertz CT molecular complexity index is 347. The molecule has 0 rings (SSSR count). The van der Waals surface area contributed by atoms with E-state index >= 15 is 0 Å². The van der Waals surface area contributed by atoms with E-state index in [0.29, 0.717) is 0 Å². The summed E-state index contributed by atoms with van der Waals surface area (Å²) in [5.41, 5.74) is 0.720. The lowest BCUT2D eigenvalue weighted by Gasteiger charge is -2.01. The number of allylic oxidation sites excluding steroid dienone is 6. The van der Waals surface area contributed by atoms with E-state index in [2.05, 4.69) is 0 Å². The maximum Gasteiger partial charge on any atom is 0.181 e. The lowest BCUT2D eigenvalue weighted by molar-refractivity contribution is -0.111. The van der Waals surface area contributed by atoms with Crippen molar-refractivity contribution in [3.8, 4) is 0 Å². The van der Waals surface area contributed by atoms with Crippen molar-refractivity contribution in [2.24, 2.45) is 0 Å². The molecule has 0 aromatic heterocycles. The normalized spacial score (nSPS) is 12.9. The minimum absolute atomic E-state index is 0.0248. The van der Waals surface area contributed by atoms with Crippen LogP contribution in [0.3, 0.4) is 0 Å². The molecule has 0 N–H and O–H groups in total. The molecule has 0 saturated heterocycles. The van der Waals surface area contributed by atoms with Crippen molar-refractivity contribution in [2.45, 2.75) is 6.92 Å². The number of hydrogen-bond donors (Lipinski definition) is 0. The second-order valence-electron chi connectivity index (χ2n) is 4.18. The van der Waals surface area contributed by atoms with Gasteiger partial charge in [-0.15, -0.1) is 0 Å². The van der Waals surface area contributed by atoms with Crippen LogP contribution in [0.15, 0.2) is 48.4 Å². The molecule has 0 aliphatic rings. The molecular weight excluding hydrogens is 212 g/mol. The smallest absolute Gasteiger partial charge is 0.181 e. The number of carbonyl (C=O) groups is 1. The maximum atomic E-state index is 11.6. The van der Waals surface area contributed by atoms with Gasteiger partial charge in [0.15, 0.2) is 5.78 Å². The highest BCUT2D eigenvalue weighted by Crippen LogP contribution is 1.97. The molecule has 0 atom stereocenters. The molecule has 3 nitrogen and oxygen atoms in total. The molecule has 3 heteroatoms. The van der Waals surface area contributed by atoms with Crippen molar-refractivity contribution in [3.05, 3.63) is 48.4 Å². The minimum atomic E-state index is 0.0248. The zero-order chi connectivity index (χ0) is 13.3. The number of carbonyl (C=O) groups excluding carboxylic acids is 1. The van der Waals surface area contributed by atoms with Gasteiger partial charge >= 0.3 is 0 Å². The van der Waals surface area contributed by atoms with Crippen LogP contribution in [0.25, 0.3) is 0 Å². The van der Waals surface area contributed by atoms with Crippen LogP contribution in [0.1, 0.15) is 6.92 Å². The van der Waals surface area contributed by atoms with Crippen molar-refractivity contribution in [2.75, 3.05) is 28.2 Å². The summed E-state index contributed by atoms with van der Waals surface area (Å²) >= 11 is 0. The van der Waals surface area contributed by atoms with Gasteiger partial charge in [-0.2, -0.15) is 0 Å². The maximum absolute atomic E-state index is 11.6. The summed E-state index contributed by atoms with van der Waals surface area (Å²) < 4.78 is 0. The Morgan fingerprint density at radius 3 is 1.94 bits per heavy atom. The van der Waals surface area contributed by atoms with Crippen LogP contribution in [-0.2, 0) is 4.79 Å². The quantitative estimate of drug-likeness (QED) is 0.520. The molecule has 0 spiro atoms. The molecule has 0 aliphatic heterocycles. The second kappa shape index (κ2) is 8.39. The molecule has 0 aromatic rings. The Kier molecular flexibility index (Phi) is 7.52. The fourth-order valence-corrected chi connectivity index (χ4v) is 0.938. The highest BCUT2D eigenvalue weighted by atomic mass is 16.1. The summed E-state index contributed by atoms with van der Waals surface area (Å²) in [4.78, 5) is 15.4. The largest absolute Gasteiger partial charge is 0.383 e. The fraction of sp³-hybridized carbons (Fsp3) is 0.357. The van der Waals surface area contributed by atoms with E-state index in [0.717, 1.165) is 5.57 Å². The molecule has 0 aliphatic carbocycles. The van der Waals surface area contributed by atoms with Gasteiger partial charge in [-0.3, -0.25) is 4.79 Å². The summed E-state index contributed by atoms with van der Waals surface area (Å²) in [7, 11) is 7.74. The Hall–Kier alpha value is -1.77. The van der Waals surface area contributed by atoms with E-state index in [4.69, 9.17) is 0 Å². The van der Waals surface area contributed by atoms with Gasteiger partial charge < -0.3 is 9.80 Å². The number of ketones is 1. The molecule has 0 amide bonds. The number of hydrogen-bond acceptors (Lipinski definition) is 3. The SMILES string of the molecule is C/C(=C\C=C\N(C)C)C(=O)/C=C/C=C/N(C)C. The van der Waals surface area contributed by atoms with Crippen molar-refractivity contribution in [1.82, 2.24) is 9.80 Å². The van der Waals surface area contributed by atoms with Gasteiger partial charge in [0.1, 0.15) is 0 Å². The van der Waals surface area contributed by atoms with Gasteiger partial charge in [0.2, 0.25) is 0 Å². The van der Waals surface area contributed by atoms with E-state index in [1.165, 1.54) is 0 Å². The summed E-state index contributed by atoms with van der Waals surface area (Å²) in [5, 5.41) is 0. The van der Waals surface area contributed by atoms with Crippen LogP contribution in [0.2, 0.25) is 0 Å². The van der Waals surface area contributed by atoms with Gasteiger partial charge in [0.25, 0.3) is 0 Å². The van der Waals surface area contributed by atoms with Crippen LogP contribution in [0.5, 0.6) is 0 Å². The summed E-state index contributed by atoms with van der Waals surface area (Å²) in [6, 6.07) is 0. The minimum Gasteiger partial charge on any atom is -0.383 e. The molecular formula is C14H22N2O. The van der Waals surface area contributed by atoms with Gasteiger partial charge in [0.05, 0.1) is 0 Å². The van der Waals surface area contributed by atoms with Crippen molar-refractivity contribution in [3.63, 3.8) is 0 Å². The highest BCUT2D eigenvalue weighted by Gasteiger charge is 1.96. The first-order valence-electron chi connectivity index (χ1n) is 5.50. The van der Waals surface area contributed by atoms with Crippen molar-refractivity contribution in [1.29, 1.82) is 0 Å². The van der Waals surface area contributed by atoms with Crippen molar-refractivity contribution >= 4 is 5.78 Å². The van der Waals surface area contributed by atoms with Crippen LogP contribution in [0.4, 0.5) is 0 Å². The van der Waals surface area contributed by atoms with E-state index in [-0.39, 0.29) is 5.78 Å². The van der Waals surface area contributed by atoms with Crippen LogP contribution in [0, 0.1) is 0 Å². The summed E-state index contributed by atoms with van der Waals surface area (Å²) in [6.45, 7) is 1.81. The predicted molar refractivity (Wildman–Crippen MR) is 73.6 cm³/mol. The van der Waals surface area contributed by atoms with Gasteiger partial charge in [-0.05, 0) is 43.1 Å². The highest BCUT2D eigenvalue weighted by molar-refractivity contribution is 6.03. The summed E-state index contributed by atoms with van der Waals surface area (Å²) in [6.07, 6.45) is 12.6. The second-order valence-corrected chi connectivity index (χ2v) is 4.18. The van der Waals surface area contributed by atoms with Gasteiger partial charge in [-0.25, -0.2) is 0 Å². The first-order chi connectivity index (χ1) is 7.93. The Morgan fingerprint density at radius 1 is 0.882 bits per heavy atom. The molecule has 0 saturated carbocycles. The Labute approximate surface area is 104 Å². The first kappa shape index (κ1) is 15.2. The average molecular weight is 234 g/mol. The third kappa shape index (κ3) is 9.18. The third-order valence-electron chi connectivity index (χ3n) is 1.86. The van der Waals surface area contributed by atoms with Gasteiger partial charge in [-0.1, -0.05) is 12.2 Å². The van der Waals surface area contributed by atoms with E-state index in [1.807, 2.05) is 75.5 Å². The van der Waals surface area contributed by atoms with Crippen LogP contribution < -0.4 is 0 Å². The lowest BCUT2D eigenvalue weighted by Crippen LogP contribution is -2.00. The molecule has 0 fully saturated rings. The van der Waals surface area contributed by atoms with Crippen LogP contribution >= 0.6 is 0 Å². The fourth-order valence-electron chi connectivity index (χ4n) is 0.938. The molecule has 17 heavy (non-hydrogen) atoms. The zero-order valence-corrected chi connectivity index (χ0v) is 11.3. The monoisotopic (exact) mass is 234 g/mol. The number of rotatable bonds is 6. The average Bonchev–Trinajstić information content (AvgIpc) is 2.23. The Balaban J connectivity index is 4.32. The molecule has 94 valence electrons. The van der Waals surface area contributed by atoms with Crippen LogP contribution in [-0.4, -0.2) is 43.8 Å². The molecule has 0 aromatic carbocycles. The first-order valence-corrected chi connectivity index (χ1v) is 5.50. The standard InChI is InChI=1S/C14H22N2O/c1-13(9-8-12-16(4)5)14(17)10-6-7-11-15(2)3/h6-12H,1-5H3/b10-6+,11-7+,12-8+,13-9+. The number of nitrogens with zero attached hydrogens (tertiary/aromatic N) is 2. The predicted octanol–water partition coefficient (Wildman–Crippen LogP) is 2.21. The lowest BCUT2D eigenvalue weighted by atomic mass is 10.1. The Morgan fingerprint density at radius 2 is 1.41 bits per heavy atom. The zero-order valence-electron chi connectivity index (χ0n) is 11.3. The topological polar surface area (TPSA) is 23.6 Å². The molecule has 0 unspecified atom stereocenters. The van der Waals surface area contributed by atoms with E-state index in [1.54, 1.807) is 12.2 Å². The molecule has 0 heterocycles. The van der Waals surface area contributed by atoms with Crippen molar-refractivity contribution < 1.29 is 4.79 Å². The van der Waals surface area contributed by atoms with E-state index in [9.17, 15) is 4.79 Å². The van der Waals surface area contributed by atoms with Gasteiger partial charge in [0, 0.05) is 28.2 Å². The molecule has 0 radical (unpaired) electrons. The molecule has 0 bridgehead atoms.